The predicted octanol–water partition coefficient (Wildman–Crippen LogP) is 2.57. The van der Waals surface area contributed by atoms with E-state index in [9.17, 15) is 4.79 Å². The van der Waals surface area contributed by atoms with Crippen molar-refractivity contribution in [3.8, 4) is 0 Å². The lowest BCUT2D eigenvalue weighted by molar-refractivity contribution is -0.119. The van der Waals surface area contributed by atoms with Crippen LogP contribution in [0.15, 0.2) is 4.52 Å². The zero-order valence-corrected chi connectivity index (χ0v) is 11.2. The third-order valence-corrected chi connectivity index (χ3v) is 3.98. The zero-order chi connectivity index (χ0) is 13.2. The van der Waals surface area contributed by atoms with Crippen molar-refractivity contribution in [1.29, 1.82) is 0 Å². The number of hydrogen-bond acceptors (Lipinski definition) is 5. The Labute approximate surface area is 107 Å². The maximum absolute atomic E-state index is 11.7. The molecule has 1 atom stereocenters. The van der Waals surface area contributed by atoms with Gasteiger partial charge in [0.2, 0.25) is 11.7 Å². The van der Waals surface area contributed by atoms with Gasteiger partial charge in [0.25, 0.3) is 0 Å². The summed E-state index contributed by atoms with van der Waals surface area (Å²) in [6.45, 7) is 4.06. The Morgan fingerprint density at radius 3 is 2.67 bits per heavy atom. The third kappa shape index (κ3) is 2.07. The van der Waals surface area contributed by atoms with Crippen LogP contribution in [0.3, 0.4) is 0 Å². The van der Waals surface area contributed by atoms with Gasteiger partial charge in [0.15, 0.2) is 0 Å². The highest BCUT2D eigenvalue weighted by atomic mass is 16.5. The maximum Gasteiger partial charge on any atom is 0.237 e. The molecule has 1 unspecified atom stereocenters. The Morgan fingerprint density at radius 2 is 2.17 bits per heavy atom. The van der Waals surface area contributed by atoms with Gasteiger partial charge in [0, 0.05) is 13.5 Å². The second kappa shape index (κ2) is 5.18. The molecular formula is C13H20N2O3. The summed E-state index contributed by atoms with van der Waals surface area (Å²) in [7, 11) is 1.66. The summed E-state index contributed by atoms with van der Waals surface area (Å²) >= 11 is 0. The Morgan fingerprint density at radius 1 is 1.44 bits per heavy atom. The fourth-order valence-corrected chi connectivity index (χ4v) is 2.58. The number of rotatable bonds is 5. The number of methoxy groups -OCH3 is 1. The van der Waals surface area contributed by atoms with Crippen LogP contribution in [0.5, 0.6) is 0 Å². The molecule has 0 N–H and O–H groups in total. The number of aromatic nitrogens is 2. The summed E-state index contributed by atoms with van der Waals surface area (Å²) in [6.07, 6.45) is 3.91. The minimum atomic E-state index is -0.497. The summed E-state index contributed by atoms with van der Waals surface area (Å²) in [5.41, 5.74) is -0.497. The second-order valence-corrected chi connectivity index (χ2v) is 4.77. The molecule has 0 spiro atoms. The summed E-state index contributed by atoms with van der Waals surface area (Å²) in [6, 6.07) is 0. The van der Waals surface area contributed by atoms with Crippen molar-refractivity contribution < 1.29 is 14.1 Å². The molecule has 5 heteroatoms. The van der Waals surface area contributed by atoms with Crippen LogP contribution >= 0.6 is 0 Å². The lowest BCUT2D eigenvalue weighted by atomic mass is 9.96. The number of ether oxygens (including phenoxy) is 1. The van der Waals surface area contributed by atoms with E-state index < -0.39 is 5.60 Å². The van der Waals surface area contributed by atoms with Crippen LogP contribution in [0.25, 0.3) is 0 Å². The molecule has 5 nitrogen and oxygen atoms in total. The van der Waals surface area contributed by atoms with E-state index in [0.717, 1.165) is 25.7 Å². The van der Waals surface area contributed by atoms with Crippen molar-refractivity contribution in [2.24, 2.45) is 0 Å². The van der Waals surface area contributed by atoms with Crippen LogP contribution in [0.1, 0.15) is 63.6 Å². The normalized spacial score (nSPS) is 20.6. The van der Waals surface area contributed by atoms with Crippen molar-refractivity contribution in [3.63, 3.8) is 0 Å². The fraction of sp³-hybridized carbons (Fsp3) is 0.769. The minimum absolute atomic E-state index is 0.200. The van der Waals surface area contributed by atoms with Crippen molar-refractivity contribution >= 4 is 5.78 Å². The van der Waals surface area contributed by atoms with Gasteiger partial charge in [-0.1, -0.05) is 19.0 Å². The van der Waals surface area contributed by atoms with Crippen LogP contribution in [0.4, 0.5) is 0 Å². The van der Waals surface area contributed by atoms with Gasteiger partial charge < -0.3 is 9.26 Å². The van der Waals surface area contributed by atoms with Gasteiger partial charge in [0.05, 0.1) is 5.92 Å². The van der Waals surface area contributed by atoms with Gasteiger partial charge in [-0.2, -0.15) is 4.98 Å². The average molecular weight is 252 g/mol. The Kier molecular flexibility index (Phi) is 3.80. The molecule has 1 aromatic heterocycles. The Balaban J connectivity index is 2.26. The molecule has 1 saturated carbocycles. The van der Waals surface area contributed by atoms with E-state index in [2.05, 4.69) is 10.1 Å². The first kappa shape index (κ1) is 13.2. The summed E-state index contributed by atoms with van der Waals surface area (Å²) in [5, 5.41) is 4.02. The van der Waals surface area contributed by atoms with Gasteiger partial charge in [-0.3, -0.25) is 4.79 Å². The quantitative estimate of drug-likeness (QED) is 0.805. The first-order valence-electron chi connectivity index (χ1n) is 6.58. The van der Waals surface area contributed by atoms with E-state index in [1.54, 1.807) is 7.11 Å². The number of carbonyl (C=O) groups excluding carboxylic acids is 1. The summed E-state index contributed by atoms with van der Waals surface area (Å²) in [4.78, 5) is 16.1. The molecule has 2 rings (SSSR count). The molecule has 0 saturated heterocycles. The molecule has 100 valence electrons. The van der Waals surface area contributed by atoms with Crippen molar-refractivity contribution in [3.05, 3.63) is 11.7 Å². The molecule has 1 aliphatic carbocycles. The topological polar surface area (TPSA) is 65.2 Å². The third-order valence-electron chi connectivity index (χ3n) is 3.98. The summed E-state index contributed by atoms with van der Waals surface area (Å²) < 4.78 is 10.8. The van der Waals surface area contributed by atoms with Crippen molar-refractivity contribution in [1.82, 2.24) is 10.1 Å². The highest BCUT2D eigenvalue weighted by Gasteiger charge is 2.37. The molecule has 0 aromatic carbocycles. The zero-order valence-electron chi connectivity index (χ0n) is 11.2. The molecule has 18 heavy (non-hydrogen) atoms. The maximum atomic E-state index is 11.7. The standard InChI is InChI=1S/C13H20N2O3/c1-4-13(5-2,17-3)12-14-11(18-15-12)9-7-6-8-10(9)16/h9H,4-8H2,1-3H3. The van der Waals surface area contributed by atoms with Gasteiger partial charge in [-0.25, -0.2) is 0 Å². The number of nitrogens with zero attached hydrogens (tertiary/aromatic N) is 2. The first-order valence-corrected chi connectivity index (χ1v) is 6.58. The molecular weight excluding hydrogens is 232 g/mol. The van der Waals surface area contributed by atoms with E-state index >= 15 is 0 Å². The lowest BCUT2D eigenvalue weighted by Gasteiger charge is -2.25. The first-order chi connectivity index (χ1) is 8.66. The molecule has 0 radical (unpaired) electrons. The molecule has 0 amide bonds. The molecule has 0 aliphatic heterocycles. The monoisotopic (exact) mass is 252 g/mol. The van der Waals surface area contributed by atoms with E-state index in [0.29, 0.717) is 18.1 Å². The van der Waals surface area contributed by atoms with E-state index in [1.165, 1.54) is 0 Å². The smallest absolute Gasteiger partial charge is 0.237 e. The Bertz CT molecular complexity index is 415. The highest BCUT2D eigenvalue weighted by molar-refractivity contribution is 5.86. The van der Waals surface area contributed by atoms with Gasteiger partial charge >= 0.3 is 0 Å². The minimum Gasteiger partial charge on any atom is -0.370 e. The largest absolute Gasteiger partial charge is 0.370 e. The molecule has 1 fully saturated rings. The van der Waals surface area contributed by atoms with Crippen LogP contribution in [-0.2, 0) is 15.1 Å². The number of ketones is 1. The van der Waals surface area contributed by atoms with Crippen LogP contribution in [0, 0.1) is 0 Å². The summed E-state index contributed by atoms with van der Waals surface area (Å²) in [5.74, 6) is 1.02. The van der Waals surface area contributed by atoms with Crippen molar-refractivity contribution in [2.45, 2.75) is 57.5 Å². The SMILES string of the molecule is CCC(CC)(OC)c1noc(C2CCCC2=O)n1. The van der Waals surface area contributed by atoms with Crippen LogP contribution in [-0.4, -0.2) is 23.0 Å². The second-order valence-electron chi connectivity index (χ2n) is 4.77. The van der Waals surface area contributed by atoms with Gasteiger partial charge in [-0.05, 0) is 25.7 Å². The van der Waals surface area contributed by atoms with Crippen LogP contribution in [0.2, 0.25) is 0 Å². The molecule has 1 aromatic rings. The molecule has 1 heterocycles. The molecule has 0 bridgehead atoms. The van der Waals surface area contributed by atoms with E-state index in [4.69, 9.17) is 9.26 Å². The van der Waals surface area contributed by atoms with Gasteiger partial charge in [-0.15, -0.1) is 0 Å². The van der Waals surface area contributed by atoms with Crippen LogP contribution < -0.4 is 0 Å². The predicted molar refractivity (Wildman–Crippen MR) is 65.2 cm³/mol. The number of hydrogen-bond donors (Lipinski definition) is 0. The lowest BCUT2D eigenvalue weighted by Crippen LogP contribution is -2.28. The van der Waals surface area contributed by atoms with Gasteiger partial charge in [0.1, 0.15) is 11.4 Å². The number of carbonyl (C=O) groups is 1. The van der Waals surface area contributed by atoms with E-state index in [1.807, 2.05) is 13.8 Å². The van der Waals surface area contributed by atoms with E-state index in [-0.39, 0.29) is 11.7 Å². The highest BCUT2D eigenvalue weighted by Crippen LogP contribution is 2.34. The fourth-order valence-electron chi connectivity index (χ4n) is 2.58. The Hall–Kier alpha value is -1.23. The van der Waals surface area contributed by atoms with Crippen molar-refractivity contribution in [2.75, 3.05) is 7.11 Å². The average Bonchev–Trinajstić information content (AvgIpc) is 3.01. The molecule has 1 aliphatic rings. The number of Topliss-reactive ketones (excluding diaryl/α,β-unsaturated/α-hetero) is 1.